The number of nitrogens with one attached hydrogen (secondary N) is 1. The van der Waals surface area contributed by atoms with E-state index in [-0.39, 0.29) is 18.1 Å². The van der Waals surface area contributed by atoms with E-state index in [1.807, 2.05) is 50.2 Å². The van der Waals surface area contributed by atoms with Crippen LogP contribution in [0.3, 0.4) is 0 Å². The molecule has 1 aliphatic heterocycles. The summed E-state index contributed by atoms with van der Waals surface area (Å²) < 4.78 is 12.1. The molecule has 0 saturated carbocycles. The number of anilines is 1. The topological polar surface area (TPSA) is 84.9 Å². The Hall–Kier alpha value is -3.27. The van der Waals surface area contributed by atoms with Crippen molar-refractivity contribution in [2.24, 2.45) is 0 Å². The Morgan fingerprint density at radius 2 is 1.82 bits per heavy atom. The maximum absolute atomic E-state index is 13.0. The first kappa shape index (κ1) is 27.8. The summed E-state index contributed by atoms with van der Waals surface area (Å²) >= 11 is 10.5. The van der Waals surface area contributed by atoms with Crippen molar-refractivity contribution in [2.45, 2.75) is 20.5 Å². The molecule has 7 nitrogen and oxygen atoms in total. The second-order valence-electron chi connectivity index (χ2n) is 8.61. The van der Waals surface area contributed by atoms with Gasteiger partial charge >= 0.3 is 0 Å². The third-order valence-electron chi connectivity index (χ3n) is 5.56. The van der Waals surface area contributed by atoms with E-state index in [0.29, 0.717) is 32.2 Å². The highest BCUT2D eigenvalue weighted by atomic mass is 79.9. The SMILES string of the molecule is COc1cc(/C=C2/SC(=O)N(CC(=O)Nc3cc(C)cc(C)c3)C2=O)cc(Br)c1OCc1ccccc1Cl. The number of thioether (sulfide) groups is 1. The summed E-state index contributed by atoms with van der Waals surface area (Å²) in [6, 6.07) is 16.5. The van der Waals surface area contributed by atoms with Crippen LogP contribution in [0.15, 0.2) is 64.0 Å². The van der Waals surface area contributed by atoms with Crippen LogP contribution in [0.1, 0.15) is 22.3 Å². The minimum absolute atomic E-state index is 0.202. The minimum Gasteiger partial charge on any atom is -0.493 e. The number of carbonyl (C=O) groups excluding carboxylic acids is 3. The Balaban J connectivity index is 1.48. The van der Waals surface area contributed by atoms with Gasteiger partial charge in [-0.3, -0.25) is 19.3 Å². The second-order valence-corrected chi connectivity index (χ2v) is 10.9. The van der Waals surface area contributed by atoms with Crippen molar-refractivity contribution in [2.75, 3.05) is 19.0 Å². The van der Waals surface area contributed by atoms with Gasteiger partial charge in [0.15, 0.2) is 11.5 Å². The van der Waals surface area contributed by atoms with E-state index < -0.39 is 17.1 Å². The third-order valence-corrected chi connectivity index (χ3v) is 7.43. The summed E-state index contributed by atoms with van der Waals surface area (Å²) in [5.74, 6) is -0.0850. The highest BCUT2D eigenvalue weighted by Gasteiger charge is 2.36. The molecule has 3 aromatic rings. The van der Waals surface area contributed by atoms with Crippen molar-refractivity contribution in [3.63, 3.8) is 0 Å². The molecule has 1 heterocycles. The number of carbonyl (C=O) groups is 3. The maximum Gasteiger partial charge on any atom is 0.294 e. The van der Waals surface area contributed by atoms with Crippen LogP contribution in [0.5, 0.6) is 11.5 Å². The van der Waals surface area contributed by atoms with Gasteiger partial charge in [-0.1, -0.05) is 35.9 Å². The zero-order valence-corrected chi connectivity index (χ0v) is 24.0. The Labute approximate surface area is 238 Å². The molecule has 1 aliphatic rings. The number of hydrogen-bond donors (Lipinski definition) is 1. The van der Waals surface area contributed by atoms with Gasteiger partial charge in [-0.05, 0) is 94.6 Å². The molecule has 1 saturated heterocycles. The van der Waals surface area contributed by atoms with Crippen molar-refractivity contribution in [3.05, 3.63) is 91.3 Å². The van der Waals surface area contributed by atoms with Crippen molar-refractivity contribution in [3.8, 4) is 11.5 Å². The van der Waals surface area contributed by atoms with Crippen LogP contribution in [-0.4, -0.2) is 35.6 Å². The van der Waals surface area contributed by atoms with E-state index in [1.165, 1.54) is 7.11 Å². The second kappa shape index (κ2) is 12.1. The molecule has 0 aromatic heterocycles. The molecule has 10 heteroatoms. The van der Waals surface area contributed by atoms with Crippen molar-refractivity contribution < 1.29 is 23.9 Å². The molecule has 1 N–H and O–H groups in total. The molecule has 196 valence electrons. The van der Waals surface area contributed by atoms with Crippen LogP contribution < -0.4 is 14.8 Å². The van der Waals surface area contributed by atoms with E-state index in [4.69, 9.17) is 21.1 Å². The van der Waals surface area contributed by atoms with E-state index in [0.717, 1.165) is 33.4 Å². The van der Waals surface area contributed by atoms with Gasteiger partial charge in [0.05, 0.1) is 16.5 Å². The summed E-state index contributed by atoms with van der Waals surface area (Å²) in [7, 11) is 1.51. The number of imide groups is 1. The monoisotopic (exact) mass is 614 g/mol. The Morgan fingerprint density at radius 1 is 1.11 bits per heavy atom. The van der Waals surface area contributed by atoms with Gasteiger partial charge in [0.1, 0.15) is 13.2 Å². The molecular weight excluding hydrogens is 592 g/mol. The average molecular weight is 616 g/mol. The first-order valence-electron chi connectivity index (χ1n) is 11.5. The normalized spacial score (nSPS) is 14.2. The minimum atomic E-state index is -0.537. The summed E-state index contributed by atoms with van der Waals surface area (Å²) in [6.45, 7) is 3.71. The molecule has 3 aromatic carbocycles. The average Bonchev–Trinajstić information content (AvgIpc) is 3.10. The third kappa shape index (κ3) is 6.59. The van der Waals surface area contributed by atoms with Gasteiger partial charge in [-0.25, -0.2) is 0 Å². The number of aryl methyl sites for hydroxylation is 2. The lowest BCUT2D eigenvalue weighted by Crippen LogP contribution is -2.36. The van der Waals surface area contributed by atoms with Gasteiger partial charge in [0, 0.05) is 16.3 Å². The number of halogens is 2. The Morgan fingerprint density at radius 3 is 2.50 bits per heavy atom. The number of rotatable bonds is 8. The molecule has 3 amide bonds. The van der Waals surface area contributed by atoms with E-state index in [1.54, 1.807) is 24.3 Å². The fourth-order valence-electron chi connectivity index (χ4n) is 3.91. The number of ether oxygens (including phenoxy) is 2. The van der Waals surface area contributed by atoms with Gasteiger partial charge in [0.25, 0.3) is 11.1 Å². The summed E-state index contributed by atoms with van der Waals surface area (Å²) in [4.78, 5) is 39.2. The van der Waals surface area contributed by atoms with E-state index in [9.17, 15) is 14.4 Å². The van der Waals surface area contributed by atoms with Crippen LogP contribution in [0.2, 0.25) is 5.02 Å². The quantitative estimate of drug-likeness (QED) is 0.275. The molecule has 0 bridgehead atoms. The largest absolute Gasteiger partial charge is 0.493 e. The highest BCUT2D eigenvalue weighted by molar-refractivity contribution is 9.10. The van der Waals surface area contributed by atoms with Crippen molar-refractivity contribution >= 4 is 68.1 Å². The van der Waals surface area contributed by atoms with Gasteiger partial charge in [-0.2, -0.15) is 0 Å². The predicted octanol–water partition coefficient (Wildman–Crippen LogP) is 6.98. The first-order chi connectivity index (χ1) is 18.1. The first-order valence-corrected chi connectivity index (χ1v) is 13.5. The van der Waals surface area contributed by atoms with Gasteiger partial charge < -0.3 is 14.8 Å². The number of benzene rings is 3. The molecule has 38 heavy (non-hydrogen) atoms. The molecule has 0 unspecified atom stereocenters. The zero-order valence-electron chi connectivity index (χ0n) is 20.8. The van der Waals surface area contributed by atoms with E-state index >= 15 is 0 Å². The fourth-order valence-corrected chi connectivity index (χ4v) is 5.51. The van der Waals surface area contributed by atoms with Gasteiger partial charge in [0.2, 0.25) is 5.91 Å². The Bertz CT molecular complexity index is 1440. The zero-order chi connectivity index (χ0) is 27.4. The lowest BCUT2D eigenvalue weighted by Gasteiger charge is -2.14. The number of hydrogen-bond acceptors (Lipinski definition) is 6. The molecule has 0 atom stereocenters. The number of nitrogens with zero attached hydrogens (tertiary/aromatic N) is 1. The lowest BCUT2D eigenvalue weighted by molar-refractivity contribution is -0.127. The summed E-state index contributed by atoms with van der Waals surface area (Å²) in [6.07, 6.45) is 1.58. The number of amides is 3. The number of methoxy groups -OCH3 is 1. The van der Waals surface area contributed by atoms with Crippen LogP contribution >= 0.6 is 39.3 Å². The van der Waals surface area contributed by atoms with Crippen LogP contribution in [0, 0.1) is 13.8 Å². The van der Waals surface area contributed by atoms with Crippen LogP contribution in [0.4, 0.5) is 10.5 Å². The standard InChI is InChI=1S/C28H24BrClN2O5S/c1-16-8-17(2)10-20(9-16)31-25(33)14-32-27(34)24(38-28(32)35)13-18-11-21(29)26(23(12-18)36-3)37-15-19-6-4-5-7-22(19)30/h4-13H,14-15H2,1-3H3,(H,31,33)/b24-13+. The molecule has 0 spiro atoms. The molecule has 4 rings (SSSR count). The highest BCUT2D eigenvalue weighted by Crippen LogP contribution is 2.39. The van der Waals surface area contributed by atoms with Crippen LogP contribution in [0.25, 0.3) is 6.08 Å². The predicted molar refractivity (Wildman–Crippen MR) is 154 cm³/mol. The molecule has 1 fully saturated rings. The summed E-state index contributed by atoms with van der Waals surface area (Å²) in [5.41, 5.74) is 4.04. The van der Waals surface area contributed by atoms with E-state index in [2.05, 4.69) is 21.2 Å². The fraction of sp³-hybridized carbons (Fsp3) is 0.179. The molecule has 0 aliphatic carbocycles. The smallest absolute Gasteiger partial charge is 0.294 e. The maximum atomic E-state index is 13.0. The summed E-state index contributed by atoms with van der Waals surface area (Å²) in [5, 5.41) is 2.84. The van der Waals surface area contributed by atoms with Crippen LogP contribution in [-0.2, 0) is 16.2 Å². The van der Waals surface area contributed by atoms with Crippen molar-refractivity contribution in [1.29, 1.82) is 0 Å². The lowest BCUT2D eigenvalue weighted by atomic mass is 10.1. The molecule has 0 radical (unpaired) electrons. The molecular formula is C28H24BrClN2O5S. The van der Waals surface area contributed by atoms with Gasteiger partial charge in [-0.15, -0.1) is 0 Å². The van der Waals surface area contributed by atoms with Crippen molar-refractivity contribution in [1.82, 2.24) is 4.90 Å². The Kier molecular flexibility index (Phi) is 8.81.